The smallest absolute Gasteiger partial charge is 0.339 e. The van der Waals surface area contributed by atoms with Gasteiger partial charge < -0.3 is 9.84 Å². The summed E-state index contributed by atoms with van der Waals surface area (Å²) in [4.78, 5) is 10.8. The van der Waals surface area contributed by atoms with Gasteiger partial charge in [0.1, 0.15) is 10.5 Å². The van der Waals surface area contributed by atoms with Gasteiger partial charge in [-0.3, -0.25) is 0 Å². The molecule has 0 radical (unpaired) electrons. The van der Waals surface area contributed by atoms with E-state index >= 15 is 0 Å². The normalized spacial score (nSPS) is 11.2. The number of carbonyl (C=O) groups is 1. The maximum Gasteiger partial charge on any atom is 0.339 e. The summed E-state index contributed by atoms with van der Waals surface area (Å²) in [5.74, 6) is -1.34. The molecular weight excluding hydrogens is 232 g/mol. The van der Waals surface area contributed by atoms with E-state index in [0.29, 0.717) is 5.56 Å². The highest BCUT2D eigenvalue weighted by molar-refractivity contribution is 7.90. The van der Waals surface area contributed by atoms with Crippen LogP contribution in [-0.4, -0.2) is 32.9 Å². The number of methoxy groups -OCH3 is 1. The van der Waals surface area contributed by atoms with Gasteiger partial charge in [0.2, 0.25) is 0 Å². The highest BCUT2D eigenvalue weighted by Crippen LogP contribution is 2.31. The van der Waals surface area contributed by atoms with Crippen molar-refractivity contribution in [3.05, 3.63) is 23.3 Å². The molecule has 88 valence electrons. The van der Waals surface area contributed by atoms with E-state index in [2.05, 4.69) is 0 Å². The Hall–Kier alpha value is -1.56. The van der Waals surface area contributed by atoms with Crippen molar-refractivity contribution < 1.29 is 23.1 Å². The summed E-state index contributed by atoms with van der Waals surface area (Å²) in [5, 5.41) is 8.90. The highest BCUT2D eigenvalue weighted by atomic mass is 32.2. The molecule has 1 aromatic carbocycles. The van der Waals surface area contributed by atoms with Gasteiger partial charge in [0.05, 0.1) is 7.11 Å². The van der Waals surface area contributed by atoms with E-state index in [-0.39, 0.29) is 16.2 Å². The van der Waals surface area contributed by atoms with Crippen molar-refractivity contribution in [2.45, 2.75) is 11.8 Å². The van der Waals surface area contributed by atoms with Gasteiger partial charge in [-0.25, -0.2) is 13.2 Å². The van der Waals surface area contributed by atoms with E-state index in [1.54, 1.807) is 6.92 Å². The van der Waals surface area contributed by atoms with Gasteiger partial charge in [-0.15, -0.1) is 0 Å². The largest absolute Gasteiger partial charge is 0.494 e. The van der Waals surface area contributed by atoms with Gasteiger partial charge in [-0.05, 0) is 18.6 Å². The van der Waals surface area contributed by atoms with E-state index in [1.807, 2.05) is 0 Å². The van der Waals surface area contributed by atoms with Crippen LogP contribution in [0, 0.1) is 6.92 Å². The monoisotopic (exact) mass is 244 g/mol. The number of benzene rings is 1. The second-order valence-electron chi connectivity index (χ2n) is 3.37. The third-order valence-corrected chi connectivity index (χ3v) is 3.36. The molecular formula is C10H12O5S. The van der Waals surface area contributed by atoms with Crippen LogP contribution >= 0.6 is 0 Å². The molecule has 0 bridgehead atoms. The molecule has 0 unspecified atom stereocenters. The number of rotatable bonds is 3. The number of aryl methyl sites for hydroxylation is 1. The number of carboxylic acids is 1. The highest BCUT2D eigenvalue weighted by Gasteiger charge is 2.23. The van der Waals surface area contributed by atoms with Crippen molar-refractivity contribution >= 4 is 15.8 Å². The fraction of sp³-hybridized carbons (Fsp3) is 0.300. The second-order valence-corrected chi connectivity index (χ2v) is 5.32. The van der Waals surface area contributed by atoms with E-state index in [1.165, 1.54) is 19.2 Å². The van der Waals surface area contributed by atoms with Gasteiger partial charge in [0, 0.05) is 6.26 Å². The zero-order valence-electron chi connectivity index (χ0n) is 9.14. The minimum Gasteiger partial charge on any atom is -0.494 e. The molecule has 1 rings (SSSR count). The summed E-state index contributed by atoms with van der Waals surface area (Å²) < 4.78 is 28.0. The van der Waals surface area contributed by atoms with Crippen molar-refractivity contribution in [2.24, 2.45) is 0 Å². The Bertz CT molecular complexity index is 530. The molecule has 6 heteroatoms. The number of aromatic carboxylic acids is 1. The summed E-state index contributed by atoms with van der Waals surface area (Å²) in [6.07, 6.45) is 1.02. The summed E-state index contributed by atoms with van der Waals surface area (Å²) in [6.45, 7) is 1.59. The lowest BCUT2D eigenvalue weighted by molar-refractivity contribution is 0.0693. The van der Waals surface area contributed by atoms with Gasteiger partial charge in [-0.2, -0.15) is 0 Å². The third kappa shape index (κ3) is 2.16. The topological polar surface area (TPSA) is 80.7 Å². The average molecular weight is 244 g/mol. The zero-order chi connectivity index (χ0) is 12.5. The van der Waals surface area contributed by atoms with Crippen molar-refractivity contribution in [2.75, 3.05) is 13.4 Å². The molecule has 0 aliphatic rings. The Labute approximate surface area is 93.6 Å². The molecule has 0 spiro atoms. The molecule has 0 fully saturated rings. The molecule has 0 aliphatic heterocycles. The fourth-order valence-electron chi connectivity index (χ4n) is 1.49. The zero-order valence-corrected chi connectivity index (χ0v) is 9.96. The van der Waals surface area contributed by atoms with Gasteiger partial charge in [0.25, 0.3) is 0 Å². The van der Waals surface area contributed by atoms with Crippen LogP contribution in [-0.2, 0) is 9.84 Å². The van der Waals surface area contributed by atoms with Crippen LogP contribution in [0.1, 0.15) is 15.9 Å². The van der Waals surface area contributed by atoms with Gasteiger partial charge in [-0.1, -0.05) is 6.07 Å². The molecule has 16 heavy (non-hydrogen) atoms. The predicted octanol–water partition coefficient (Wildman–Crippen LogP) is 1.11. The number of hydrogen-bond donors (Lipinski definition) is 1. The van der Waals surface area contributed by atoms with Crippen LogP contribution in [0.3, 0.4) is 0 Å². The van der Waals surface area contributed by atoms with Gasteiger partial charge in [0.15, 0.2) is 15.6 Å². The summed E-state index contributed by atoms with van der Waals surface area (Å²) in [7, 11) is -2.27. The molecule has 5 nitrogen and oxygen atoms in total. The fourth-order valence-corrected chi connectivity index (χ4v) is 2.68. The first-order valence-corrected chi connectivity index (χ1v) is 6.29. The molecule has 0 amide bonds. The summed E-state index contributed by atoms with van der Waals surface area (Å²) in [6, 6.07) is 2.77. The van der Waals surface area contributed by atoms with Crippen molar-refractivity contribution in [1.29, 1.82) is 0 Å². The maximum atomic E-state index is 11.5. The first kappa shape index (κ1) is 12.5. The molecule has 1 N–H and O–H groups in total. The summed E-state index contributed by atoms with van der Waals surface area (Å²) in [5.41, 5.74) is 0.304. The average Bonchev–Trinajstić information content (AvgIpc) is 2.14. The molecule has 0 aliphatic carbocycles. The first-order chi connectivity index (χ1) is 7.29. The predicted molar refractivity (Wildman–Crippen MR) is 57.8 cm³/mol. The summed E-state index contributed by atoms with van der Waals surface area (Å²) >= 11 is 0. The van der Waals surface area contributed by atoms with Gasteiger partial charge >= 0.3 is 5.97 Å². The third-order valence-electron chi connectivity index (χ3n) is 2.11. The van der Waals surface area contributed by atoms with Crippen LogP contribution in [0.15, 0.2) is 17.0 Å². The lowest BCUT2D eigenvalue weighted by Gasteiger charge is -2.12. The molecule has 0 saturated heterocycles. The number of sulfone groups is 1. The minimum absolute atomic E-state index is 0.0742. The first-order valence-electron chi connectivity index (χ1n) is 4.40. The number of hydrogen-bond acceptors (Lipinski definition) is 4. The lowest BCUT2D eigenvalue weighted by Crippen LogP contribution is -2.08. The Kier molecular flexibility index (Phi) is 3.23. The molecule has 1 aromatic rings. The second kappa shape index (κ2) is 4.13. The minimum atomic E-state index is -3.52. The van der Waals surface area contributed by atoms with Crippen LogP contribution in [0.5, 0.6) is 5.75 Å². The van der Waals surface area contributed by atoms with E-state index in [4.69, 9.17) is 9.84 Å². The number of ether oxygens (including phenoxy) is 1. The Morgan fingerprint density at radius 1 is 1.38 bits per heavy atom. The van der Waals surface area contributed by atoms with Crippen molar-refractivity contribution in [3.8, 4) is 5.75 Å². The van der Waals surface area contributed by atoms with Crippen molar-refractivity contribution in [3.63, 3.8) is 0 Å². The molecule has 0 atom stereocenters. The standard InChI is InChI=1S/C10H12O5S/c1-6-4-5-7(10(11)12)8(15-2)9(6)16(3,13)14/h4-5H,1-3H3,(H,11,12). The Morgan fingerprint density at radius 2 is 1.94 bits per heavy atom. The van der Waals surface area contributed by atoms with E-state index in [0.717, 1.165) is 6.26 Å². The lowest BCUT2D eigenvalue weighted by atomic mass is 10.1. The maximum absolute atomic E-state index is 11.5. The molecule has 0 heterocycles. The Morgan fingerprint density at radius 3 is 2.31 bits per heavy atom. The van der Waals surface area contributed by atoms with Crippen LogP contribution in [0.4, 0.5) is 0 Å². The van der Waals surface area contributed by atoms with Crippen LogP contribution in [0.2, 0.25) is 0 Å². The van der Waals surface area contributed by atoms with E-state index < -0.39 is 15.8 Å². The van der Waals surface area contributed by atoms with Crippen LogP contribution < -0.4 is 4.74 Å². The van der Waals surface area contributed by atoms with Crippen LogP contribution in [0.25, 0.3) is 0 Å². The Balaban J connectivity index is 3.71. The van der Waals surface area contributed by atoms with E-state index in [9.17, 15) is 13.2 Å². The molecule has 0 saturated carbocycles. The quantitative estimate of drug-likeness (QED) is 0.861. The molecule has 0 aromatic heterocycles. The SMILES string of the molecule is COc1c(C(=O)O)ccc(C)c1S(C)(=O)=O. The number of carboxylic acid groups (broad SMARTS) is 1. The van der Waals surface area contributed by atoms with Crippen molar-refractivity contribution in [1.82, 2.24) is 0 Å².